The van der Waals surface area contributed by atoms with Gasteiger partial charge in [0.25, 0.3) is 0 Å². The van der Waals surface area contributed by atoms with E-state index in [-0.39, 0.29) is 32.6 Å². The number of likely N-dealkylation sites (N-methyl/N-ethyl adjacent to an activating group) is 2. The van der Waals surface area contributed by atoms with E-state index in [4.69, 9.17) is 0 Å². The first-order chi connectivity index (χ1) is 8.52. The van der Waals surface area contributed by atoms with Crippen LogP contribution in [0.1, 0.15) is 49.5 Å². The zero-order valence-corrected chi connectivity index (χ0v) is 12.8. The van der Waals surface area contributed by atoms with E-state index in [1.807, 2.05) is 0 Å². The van der Waals surface area contributed by atoms with Crippen molar-refractivity contribution in [1.29, 1.82) is 0 Å². The zero-order valence-electron chi connectivity index (χ0n) is 12.8. The molecule has 0 bridgehead atoms. The van der Waals surface area contributed by atoms with Gasteiger partial charge in [-0.05, 0) is 13.8 Å². The third kappa shape index (κ3) is 7.11. The number of hydrogen-bond acceptors (Lipinski definition) is 3. The minimum atomic E-state index is -0.627. The van der Waals surface area contributed by atoms with Crippen molar-refractivity contribution < 1.29 is 14.4 Å². The van der Waals surface area contributed by atoms with Crippen molar-refractivity contribution in [3.8, 4) is 0 Å². The van der Waals surface area contributed by atoms with Crippen LogP contribution in [-0.2, 0) is 14.4 Å². The summed E-state index contributed by atoms with van der Waals surface area (Å²) in [4.78, 5) is 36.7. The normalized spacial score (nSPS) is 12.9. The van der Waals surface area contributed by atoms with E-state index in [0.29, 0.717) is 0 Å². The first-order valence-corrected chi connectivity index (χ1v) is 6.31. The van der Waals surface area contributed by atoms with Gasteiger partial charge in [-0.15, -0.1) is 0 Å². The molecule has 0 heterocycles. The van der Waals surface area contributed by atoms with E-state index in [1.165, 1.54) is 11.9 Å². The van der Waals surface area contributed by atoms with Crippen LogP contribution in [0.2, 0.25) is 0 Å². The Bertz CT molecular complexity index is 362. The standard InChI is InChI=1S/C13H25N3O3.2CH4/c1-8(10(17)14-6)15-11(18)9(2)16(7)12(19)13(3,4)5;;/h8-9H,1-7H3,(H,14,17)(H,15,18);2*1H4. The molecule has 0 aromatic rings. The van der Waals surface area contributed by atoms with Crippen molar-refractivity contribution in [3.63, 3.8) is 0 Å². The van der Waals surface area contributed by atoms with Gasteiger partial charge < -0.3 is 15.5 Å². The van der Waals surface area contributed by atoms with Crippen LogP contribution in [0.4, 0.5) is 0 Å². The van der Waals surface area contributed by atoms with Gasteiger partial charge in [0.05, 0.1) is 0 Å². The third-order valence-electron chi connectivity index (χ3n) is 2.92. The van der Waals surface area contributed by atoms with Gasteiger partial charge in [0, 0.05) is 19.5 Å². The Balaban J connectivity index is -0.00000162. The van der Waals surface area contributed by atoms with E-state index in [0.717, 1.165) is 0 Å². The molecule has 2 atom stereocenters. The van der Waals surface area contributed by atoms with Gasteiger partial charge >= 0.3 is 0 Å². The van der Waals surface area contributed by atoms with Crippen molar-refractivity contribution in [2.75, 3.05) is 14.1 Å². The summed E-state index contributed by atoms with van der Waals surface area (Å²) in [6.45, 7) is 8.61. The van der Waals surface area contributed by atoms with E-state index in [1.54, 1.807) is 41.7 Å². The maximum Gasteiger partial charge on any atom is 0.243 e. The van der Waals surface area contributed by atoms with Crippen LogP contribution in [0.15, 0.2) is 0 Å². The smallest absolute Gasteiger partial charge is 0.243 e. The molecule has 2 N–H and O–H groups in total. The number of carbonyl (C=O) groups is 3. The summed E-state index contributed by atoms with van der Waals surface area (Å²) in [5, 5.41) is 5.02. The monoisotopic (exact) mass is 303 g/mol. The van der Waals surface area contributed by atoms with Gasteiger partial charge in [-0.2, -0.15) is 0 Å². The van der Waals surface area contributed by atoms with Gasteiger partial charge in [0.1, 0.15) is 12.1 Å². The summed E-state index contributed by atoms with van der Waals surface area (Å²) in [7, 11) is 3.09. The molecule has 6 heteroatoms. The molecular formula is C15H33N3O3. The minimum absolute atomic E-state index is 0. The van der Waals surface area contributed by atoms with Crippen molar-refractivity contribution in [1.82, 2.24) is 15.5 Å². The lowest BCUT2D eigenvalue weighted by atomic mass is 9.94. The highest BCUT2D eigenvalue weighted by atomic mass is 16.2. The fraction of sp³-hybridized carbons (Fsp3) is 0.800. The van der Waals surface area contributed by atoms with Gasteiger partial charge in [-0.3, -0.25) is 14.4 Å². The highest BCUT2D eigenvalue weighted by Gasteiger charge is 2.31. The van der Waals surface area contributed by atoms with Gasteiger partial charge in [-0.25, -0.2) is 0 Å². The maximum absolute atomic E-state index is 12.1. The van der Waals surface area contributed by atoms with Crippen LogP contribution in [0.5, 0.6) is 0 Å². The SMILES string of the molecule is C.C.CNC(=O)C(C)NC(=O)C(C)N(C)C(=O)C(C)(C)C. The largest absolute Gasteiger partial charge is 0.357 e. The summed E-state index contributed by atoms with van der Waals surface area (Å²) in [6.07, 6.45) is 0. The fourth-order valence-electron chi connectivity index (χ4n) is 1.50. The van der Waals surface area contributed by atoms with Crippen LogP contribution < -0.4 is 10.6 Å². The van der Waals surface area contributed by atoms with Crippen LogP contribution in [0, 0.1) is 5.41 Å². The summed E-state index contributed by atoms with van der Waals surface area (Å²) < 4.78 is 0. The molecule has 0 radical (unpaired) electrons. The Morgan fingerprint density at radius 3 is 1.76 bits per heavy atom. The second-order valence-electron chi connectivity index (χ2n) is 5.69. The van der Waals surface area contributed by atoms with Crippen molar-refractivity contribution in [2.45, 2.75) is 61.6 Å². The third-order valence-corrected chi connectivity index (χ3v) is 2.92. The molecule has 0 aliphatic carbocycles. The molecule has 6 nitrogen and oxygen atoms in total. The highest BCUT2D eigenvalue weighted by molar-refractivity contribution is 5.92. The van der Waals surface area contributed by atoms with Crippen LogP contribution in [0.25, 0.3) is 0 Å². The first-order valence-electron chi connectivity index (χ1n) is 6.31. The summed E-state index contributed by atoms with van der Waals surface area (Å²) in [6, 6.07) is -1.25. The second kappa shape index (κ2) is 9.37. The van der Waals surface area contributed by atoms with E-state index in [2.05, 4.69) is 10.6 Å². The highest BCUT2D eigenvalue weighted by Crippen LogP contribution is 2.17. The Morgan fingerprint density at radius 1 is 1.00 bits per heavy atom. The summed E-state index contributed by atoms with van der Waals surface area (Å²) >= 11 is 0. The molecule has 0 saturated carbocycles. The number of hydrogen-bond donors (Lipinski definition) is 2. The topological polar surface area (TPSA) is 78.5 Å². The molecule has 0 spiro atoms. The number of amides is 3. The Labute approximate surface area is 129 Å². The number of carbonyl (C=O) groups excluding carboxylic acids is 3. The van der Waals surface area contributed by atoms with Crippen molar-refractivity contribution in [3.05, 3.63) is 0 Å². The number of nitrogens with one attached hydrogen (secondary N) is 2. The predicted octanol–water partition coefficient (Wildman–Crippen LogP) is 1.40. The molecular weight excluding hydrogens is 270 g/mol. The molecule has 126 valence electrons. The summed E-state index contributed by atoms with van der Waals surface area (Å²) in [5.41, 5.74) is -0.546. The van der Waals surface area contributed by atoms with Crippen molar-refractivity contribution >= 4 is 17.7 Å². The average molecular weight is 303 g/mol. The molecule has 0 aromatic carbocycles. The average Bonchev–Trinajstić information content (AvgIpc) is 2.33. The first kappa shape index (κ1) is 24.4. The quantitative estimate of drug-likeness (QED) is 0.824. The van der Waals surface area contributed by atoms with Gasteiger partial charge in [-0.1, -0.05) is 35.6 Å². The minimum Gasteiger partial charge on any atom is -0.357 e. The van der Waals surface area contributed by atoms with E-state index < -0.39 is 17.5 Å². The lowest BCUT2D eigenvalue weighted by Crippen LogP contribution is -2.53. The van der Waals surface area contributed by atoms with Crippen LogP contribution >= 0.6 is 0 Å². The maximum atomic E-state index is 12.1. The summed E-state index contributed by atoms with van der Waals surface area (Å²) in [5.74, 6) is -0.746. The second-order valence-corrected chi connectivity index (χ2v) is 5.69. The van der Waals surface area contributed by atoms with E-state index >= 15 is 0 Å². The van der Waals surface area contributed by atoms with Crippen LogP contribution in [0.3, 0.4) is 0 Å². The molecule has 0 aliphatic heterocycles. The Kier molecular flexibility index (Phi) is 10.9. The van der Waals surface area contributed by atoms with E-state index in [9.17, 15) is 14.4 Å². The molecule has 0 rings (SSSR count). The molecule has 0 aromatic heterocycles. The van der Waals surface area contributed by atoms with Crippen LogP contribution in [-0.4, -0.2) is 48.8 Å². The number of nitrogens with zero attached hydrogens (tertiary/aromatic N) is 1. The zero-order chi connectivity index (χ0) is 15.4. The molecule has 0 fully saturated rings. The fourth-order valence-corrected chi connectivity index (χ4v) is 1.50. The Morgan fingerprint density at radius 2 is 1.43 bits per heavy atom. The lowest BCUT2D eigenvalue weighted by molar-refractivity contribution is -0.144. The van der Waals surface area contributed by atoms with Gasteiger partial charge in [0.15, 0.2) is 0 Å². The Hall–Kier alpha value is -1.59. The predicted molar refractivity (Wildman–Crippen MR) is 86.8 cm³/mol. The van der Waals surface area contributed by atoms with Gasteiger partial charge in [0.2, 0.25) is 17.7 Å². The molecule has 0 saturated heterocycles. The molecule has 0 aliphatic rings. The van der Waals surface area contributed by atoms with Crippen molar-refractivity contribution in [2.24, 2.45) is 5.41 Å². The molecule has 21 heavy (non-hydrogen) atoms. The molecule has 3 amide bonds. The molecule has 2 unspecified atom stereocenters. The lowest BCUT2D eigenvalue weighted by Gasteiger charge is -2.30. The number of rotatable bonds is 4.